The Hall–Kier alpha value is -6.82. The minimum Gasteiger partial charge on any atom is -0.508 e. The molecule has 0 saturated carbocycles. The molecule has 18 nitrogen and oxygen atoms in total. The van der Waals surface area contributed by atoms with E-state index in [1.54, 1.807) is 56.4 Å². The zero-order valence-electron chi connectivity index (χ0n) is 36.2. The monoisotopic (exact) mass is 869 g/mol. The Balaban J connectivity index is 1.60. The molecule has 63 heavy (non-hydrogen) atoms. The number of primary amides is 1. The van der Waals surface area contributed by atoms with Crippen LogP contribution in [0.15, 0.2) is 84.9 Å². The summed E-state index contributed by atoms with van der Waals surface area (Å²) in [5.74, 6) is -4.80. The predicted molar refractivity (Wildman–Crippen MR) is 233 cm³/mol. The Morgan fingerprint density at radius 2 is 1.32 bits per heavy atom. The van der Waals surface area contributed by atoms with Gasteiger partial charge in [-0.25, -0.2) is 0 Å². The molecule has 0 spiro atoms. The van der Waals surface area contributed by atoms with E-state index in [0.29, 0.717) is 17.5 Å². The number of amides is 8. The largest absolute Gasteiger partial charge is 0.508 e. The van der Waals surface area contributed by atoms with Crippen molar-refractivity contribution in [3.8, 4) is 5.75 Å². The van der Waals surface area contributed by atoms with Crippen LogP contribution >= 0.6 is 0 Å². The van der Waals surface area contributed by atoms with Gasteiger partial charge >= 0.3 is 0 Å². The molecule has 1 heterocycles. The van der Waals surface area contributed by atoms with Gasteiger partial charge in [-0.1, -0.05) is 79.7 Å². The molecular weight excluding hydrogens is 811 g/mol. The van der Waals surface area contributed by atoms with E-state index >= 15 is 0 Å². The SMILES string of the molecule is CCC(=O)N(C)[C@@H](Cc1ccccc1)C(=O)N(C)CC(=O)N[C@@H](Cc1ccc(O)cc1)C(=O)N(C)[C@@H](Cc1ccccc1)C(=O)N1CCC[C@H]1C(=O)N[C@@H](CN)C(=O)NCC(N)=O. The maximum absolute atomic E-state index is 14.7. The Labute approximate surface area is 367 Å². The second-order valence-electron chi connectivity index (χ2n) is 15.6. The number of nitrogens with one attached hydrogen (secondary N) is 3. The first-order chi connectivity index (χ1) is 30.0. The number of phenols is 1. The lowest BCUT2D eigenvalue weighted by Gasteiger charge is -2.35. The third-order valence-electron chi connectivity index (χ3n) is 11.0. The molecule has 4 rings (SSSR count). The summed E-state index contributed by atoms with van der Waals surface area (Å²) < 4.78 is 0. The van der Waals surface area contributed by atoms with Crippen LogP contribution in [-0.2, 0) is 57.6 Å². The molecule has 18 heteroatoms. The molecule has 0 unspecified atom stereocenters. The first kappa shape index (κ1) is 48.8. The highest BCUT2D eigenvalue weighted by Crippen LogP contribution is 2.23. The van der Waals surface area contributed by atoms with Crippen molar-refractivity contribution >= 4 is 47.3 Å². The average molecular weight is 870 g/mol. The number of rotatable bonds is 21. The number of nitrogens with two attached hydrogens (primary N) is 2. The number of aromatic hydroxyl groups is 1. The molecule has 8 N–H and O–H groups in total. The topological polar surface area (TPSA) is 258 Å². The molecule has 0 aliphatic carbocycles. The van der Waals surface area contributed by atoms with E-state index in [1.807, 2.05) is 30.3 Å². The normalized spacial score (nSPS) is 15.2. The fourth-order valence-corrected chi connectivity index (χ4v) is 7.42. The third kappa shape index (κ3) is 13.8. The average Bonchev–Trinajstić information content (AvgIpc) is 3.78. The van der Waals surface area contributed by atoms with Crippen molar-refractivity contribution in [2.75, 3.05) is 47.3 Å². The Bertz CT molecular complexity index is 2070. The molecule has 338 valence electrons. The van der Waals surface area contributed by atoms with E-state index in [9.17, 15) is 43.5 Å². The molecule has 5 atom stereocenters. The maximum atomic E-state index is 14.7. The summed E-state index contributed by atoms with van der Waals surface area (Å²) in [6.07, 6.45) is 1.06. The number of hydrogen-bond donors (Lipinski definition) is 6. The van der Waals surface area contributed by atoms with Crippen LogP contribution in [0.3, 0.4) is 0 Å². The van der Waals surface area contributed by atoms with Crippen LogP contribution in [0, 0.1) is 0 Å². The van der Waals surface area contributed by atoms with Crippen LogP contribution < -0.4 is 27.4 Å². The van der Waals surface area contributed by atoms with Crippen LogP contribution in [-0.4, -0.2) is 149 Å². The highest BCUT2D eigenvalue weighted by molar-refractivity contribution is 5.97. The summed E-state index contributed by atoms with van der Waals surface area (Å²) in [5, 5.41) is 17.6. The number of carbonyl (C=O) groups is 8. The van der Waals surface area contributed by atoms with Crippen molar-refractivity contribution in [1.29, 1.82) is 0 Å². The molecule has 0 radical (unpaired) electrons. The first-order valence-electron chi connectivity index (χ1n) is 20.8. The zero-order valence-corrected chi connectivity index (χ0v) is 36.2. The lowest BCUT2D eigenvalue weighted by Crippen LogP contribution is -2.60. The molecule has 0 bridgehead atoms. The summed E-state index contributed by atoms with van der Waals surface area (Å²) in [7, 11) is 4.42. The predicted octanol–water partition coefficient (Wildman–Crippen LogP) is -0.537. The fraction of sp³-hybridized carbons (Fsp3) is 0.422. The van der Waals surface area contributed by atoms with Crippen molar-refractivity contribution < 1.29 is 43.5 Å². The molecule has 3 aromatic carbocycles. The molecule has 1 fully saturated rings. The lowest BCUT2D eigenvalue weighted by molar-refractivity contribution is -0.149. The Morgan fingerprint density at radius 3 is 1.87 bits per heavy atom. The van der Waals surface area contributed by atoms with Gasteiger partial charge in [0.25, 0.3) is 0 Å². The summed E-state index contributed by atoms with van der Waals surface area (Å²) in [4.78, 5) is 113. The van der Waals surface area contributed by atoms with E-state index < -0.39 is 84.6 Å². The Kier molecular flexibility index (Phi) is 18.1. The molecular formula is C45H59N9O9. The highest BCUT2D eigenvalue weighted by Gasteiger charge is 2.41. The van der Waals surface area contributed by atoms with E-state index in [1.165, 1.54) is 45.8 Å². The fourth-order valence-electron chi connectivity index (χ4n) is 7.42. The quantitative estimate of drug-likeness (QED) is 0.0798. The number of hydrogen-bond acceptors (Lipinski definition) is 10. The molecule has 1 saturated heterocycles. The summed E-state index contributed by atoms with van der Waals surface area (Å²) in [6.45, 7) is 0.634. The molecule has 1 aliphatic rings. The molecule has 3 aromatic rings. The number of carbonyl (C=O) groups excluding carboxylic acids is 8. The Morgan fingerprint density at radius 1 is 0.746 bits per heavy atom. The van der Waals surface area contributed by atoms with Gasteiger partial charge < -0.3 is 52.1 Å². The van der Waals surface area contributed by atoms with Gasteiger partial charge in [0.05, 0.1) is 13.1 Å². The highest BCUT2D eigenvalue weighted by atomic mass is 16.3. The number of phenolic OH excluding ortho intramolecular Hbond substituents is 1. The smallest absolute Gasteiger partial charge is 0.246 e. The standard InChI is InChI=1S/C45H59N9O9/c1-5-40(58)52(3)36(24-29-13-8-6-9-14-29)44(62)51(2)28-39(57)49-33(23-31-18-20-32(55)21-19-31)43(61)53(4)37(25-30-15-10-7-11-16-30)45(63)54-22-12-17-35(54)42(60)50-34(26-46)41(59)48-27-38(47)56/h6-11,13-16,18-21,33-37,55H,5,12,17,22-28,46H2,1-4H3,(H2,47,56)(H,48,59)(H,49,57)(H,50,60)/t33-,34-,35-,36-,37-/m0/s1. The zero-order chi connectivity index (χ0) is 46.2. The van der Waals surface area contributed by atoms with E-state index in [0.717, 1.165) is 5.56 Å². The second-order valence-corrected chi connectivity index (χ2v) is 15.6. The summed E-state index contributed by atoms with van der Waals surface area (Å²) >= 11 is 0. The number of benzene rings is 3. The number of nitrogens with zero attached hydrogens (tertiary/aromatic N) is 4. The number of likely N-dealkylation sites (tertiary alicyclic amines) is 1. The van der Waals surface area contributed by atoms with E-state index in [4.69, 9.17) is 11.5 Å². The van der Waals surface area contributed by atoms with Crippen molar-refractivity contribution in [1.82, 2.24) is 35.6 Å². The minimum atomic E-state index is -1.27. The minimum absolute atomic E-state index is 0.0127. The molecule has 1 aliphatic heterocycles. The first-order valence-corrected chi connectivity index (χ1v) is 20.8. The van der Waals surface area contributed by atoms with Crippen LogP contribution in [0.25, 0.3) is 0 Å². The van der Waals surface area contributed by atoms with Gasteiger partial charge in [-0.2, -0.15) is 0 Å². The number of likely N-dealkylation sites (N-methyl/N-ethyl adjacent to an activating group) is 3. The second kappa shape index (κ2) is 23.4. The van der Waals surface area contributed by atoms with Crippen molar-refractivity contribution in [2.45, 2.75) is 75.7 Å². The van der Waals surface area contributed by atoms with Gasteiger partial charge in [0.2, 0.25) is 47.3 Å². The van der Waals surface area contributed by atoms with Gasteiger partial charge in [-0.15, -0.1) is 0 Å². The van der Waals surface area contributed by atoms with Gasteiger partial charge in [0.15, 0.2) is 0 Å². The van der Waals surface area contributed by atoms with Crippen molar-refractivity contribution in [2.24, 2.45) is 11.5 Å². The summed E-state index contributed by atoms with van der Waals surface area (Å²) in [5.41, 5.74) is 13.0. The summed E-state index contributed by atoms with van der Waals surface area (Å²) in [6, 6.07) is 18.6. The third-order valence-corrected chi connectivity index (χ3v) is 11.0. The molecule has 8 amide bonds. The maximum Gasteiger partial charge on any atom is 0.246 e. The van der Waals surface area contributed by atoms with Crippen LogP contribution in [0.1, 0.15) is 42.9 Å². The van der Waals surface area contributed by atoms with Crippen molar-refractivity contribution in [3.63, 3.8) is 0 Å². The molecule has 0 aromatic heterocycles. The van der Waals surface area contributed by atoms with Gasteiger partial charge in [0.1, 0.15) is 36.0 Å². The van der Waals surface area contributed by atoms with Crippen LogP contribution in [0.2, 0.25) is 0 Å². The van der Waals surface area contributed by atoms with Crippen LogP contribution in [0.5, 0.6) is 5.75 Å². The van der Waals surface area contributed by atoms with Gasteiger partial charge in [-0.05, 0) is 41.7 Å². The van der Waals surface area contributed by atoms with Gasteiger partial charge in [-0.3, -0.25) is 38.4 Å². The van der Waals surface area contributed by atoms with Gasteiger partial charge in [0, 0.05) is 59.9 Å². The van der Waals surface area contributed by atoms with E-state index in [-0.39, 0.29) is 56.9 Å². The van der Waals surface area contributed by atoms with Crippen molar-refractivity contribution in [3.05, 3.63) is 102 Å². The van der Waals surface area contributed by atoms with E-state index in [2.05, 4.69) is 16.0 Å². The van der Waals surface area contributed by atoms with Crippen LogP contribution in [0.4, 0.5) is 0 Å². The lowest BCUT2D eigenvalue weighted by atomic mass is 10.00.